The molecule has 2 rings (SSSR count). The monoisotopic (exact) mass is 371 g/mol. The van der Waals surface area contributed by atoms with Crippen molar-refractivity contribution in [2.24, 2.45) is 0 Å². The molecule has 0 saturated carbocycles. The summed E-state index contributed by atoms with van der Waals surface area (Å²) in [4.78, 5) is 12.4. The molecule has 2 aromatic rings. The number of likely N-dealkylation sites (N-methyl/N-ethyl adjacent to an activating group) is 1. The van der Waals surface area contributed by atoms with E-state index in [4.69, 9.17) is 11.6 Å². The smallest absolute Gasteiger partial charge is 0.273 e. The van der Waals surface area contributed by atoms with Crippen molar-refractivity contribution in [1.82, 2.24) is 25.6 Å². The summed E-state index contributed by atoms with van der Waals surface area (Å²) < 4.78 is 1.66. The van der Waals surface area contributed by atoms with Gasteiger partial charge < -0.3 is 10.6 Å². The van der Waals surface area contributed by atoms with E-state index in [-0.39, 0.29) is 24.4 Å². The number of aromatic nitrogens is 3. The van der Waals surface area contributed by atoms with Crippen LogP contribution in [0.5, 0.6) is 0 Å². The third-order valence-electron chi connectivity index (χ3n) is 3.49. The van der Waals surface area contributed by atoms with E-state index >= 15 is 0 Å². The average Bonchev–Trinajstić information content (AvgIpc) is 2.97. The molecule has 6 nitrogen and oxygen atoms in total. The zero-order chi connectivity index (χ0) is 16.8. The zero-order valence-corrected chi connectivity index (χ0v) is 15.6. The highest BCUT2D eigenvalue weighted by molar-refractivity contribution is 6.30. The Bertz CT molecular complexity index is 674. The number of hydrogen-bond acceptors (Lipinski definition) is 4. The molecule has 0 bridgehead atoms. The second-order valence-corrected chi connectivity index (χ2v) is 5.74. The van der Waals surface area contributed by atoms with Gasteiger partial charge >= 0.3 is 0 Å². The largest absolute Gasteiger partial charge is 0.349 e. The molecule has 0 aliphatic carbocycles. The molecule has 0 spiro atoms. The second kappa shape index (κ2) is 9.61. The molecule has 1 aromatic carbocycles. The number of amides is 1. The summed E-state index contributed by atoms with van der Waals surface area (Å²) in [5, 5.41) is 14.9. The summed E-state index contributed by atoms with van der Waals surface area (Å²) >= 11 is 6.03. The number of benzene rings is 1. The van der Waals surface area contributed by atoms with Gasteiger partial charge in [0.25, 0.3) is 5.91 Å². The van der Waals surface area contributed by atoms with E-state index in [1.54, 1.807) is 16.8 Å². The fourth-order valence-corrected chi connectivity index (χ4v) is 2.55. The third-order valence-corrected chi connectivity index (χ3v) is 3.72. The van der Waals surface area contributed by atoms with Crippen LogP contribution in [0.25, 0.3) is 5.69 Å². The molecule has 0 saturated heterocycles. The topological polar surface area (TPSA) is 71.8 Å². The van der Waals surface area contributed by atoms with Crippen LogP contribution in [0, 0.1) is 0 Å². The number of rotatable bonds is 7. The van der Waals surface area contributed by atoms with Crippen LogP contribution < -0.4 is 10.6 Å². The Kier molecular flexibility index (Phi) is 8.18. The van der Waals surface area contributed by atoms with Gasteiger partial charge in [-0.3, -0.25) is 4.79 Å². The lowest BCUT2D eigenvalue weighted by Gasteiger charge is -2.13. The fraction of sp³-hybridized carbons (Fsp3) is 0.438. The minimum Gasteiger partial charge on any atom is -0.349 e. The van der Waals surface area contributed by atoms with E-state index in [1.165, 1.54) is 0 Å². The maximum atomic E-state index is 12.4. The van der Waals surface area contributed by atoms with Crippen molar-refractivity contribution in [3.63, 3.8) is 0 Å². The van der Waals surface area contributed by atoms with Gasteiger partial charge in [-0.2, -0.15) is 0 Å². The number of carbonyl (C=O) groups excluding carboxylic acids is 1. The summed E-state index contributed by atoms with van der Waals surface area (Å²) in [7, 11) is 0. The first-order valence-electron chi connectivity index (χ1n) is 7.78. The maximum absolute atomic E-state index is 12.4. The Labute approximate surface area is 153 Å². The van der Waals surface area contributed by atoms with Gasteiger partial charge in [-0.05, 0) is 38.1 Å². The first-order chi connectivity index (χ1) is 11.1. The van der Waals surface area contributed by atoms with Crippen LogP contribution in [0.15, 0.2) is 24.3 Å². The van der Waals surface area contributed by atoms with E-state index in [0.29, 0.717) is 23.7 Å². The minimum absolute atomic E-state index is 0. The number of carbonyl (C=O) groups is 1. The van der Waals surface area contributed by atoms with E-state index in [0.717, 1.165) is 17.9 Å². The van der Waals surface area contributed by atoms with Gasteiger partial charge in [0.2, 0.25) is 0 Å². The van der Waals surface area contributed by atoms with Gasteiger partial charge in [-0.25, -0.2) is 4.68 Å². The van der Waals surface area contributed by atoms with Crippen LogP contribution in [0.2, 0.25) is 5.02 Å². The Morgan fingerprint density at radius 2 is 2.12 bits per heavy atom. The molecule has 1 heterocycles. The fourth-order valence-electron chi connectivity index (χ4n) is 2.36. The number of hydrogen-bond donors (Lipinski definition) is 2. The van der Waals surface area contributed by atoms with Crippen LogP contribution in [-0.2, 0) is 6.42 Å². The molecule has 0 fully saturated rings. The molecule has 0 unspecified atom stereocenters. The van der Waals surface area contributed by atoms with E-state index in [2.05, 4.69) is 20.9 Å². The molecule has 1 atom stereocenters. The van der Waals surface area contributed by atoms with E-state index in [9.17, 15) is 4.79 Å². The summed E-state index contributed by atoms with van der Waals surface area (Å²) in [6.07, 6.45) is 0.644. The Balaban J connectivity index is 0.00000288. The first kappa shape index (κ1) is 20.4. The predicted octanol–water partition coefficient (Wildman–Crippen LogP) is 2.63. The van der Waals surface area contributed by atoms with E-state index < -0.39 is 0 Å². The molecule has 0 radical (unpaired) electrons. The van der Waals surface area contributed by atoms with Crippen molar-refractivity contribution in [1.29, 1.82) is 0 Å². The van der Waals surface area contributed by atoms with Crippen LogP contribution in [0.4, 0.5) is 0 Å². The molecule has 1 aromatic heterocycles. The van der Waals surface area contributed by atoms with Gasteiger partial charge in [0.15, 0.2) is 5.69 Å². The quantitative estimate of drug-likeness (QED) is 0.784. The molecular weight excluding hydrogens is 349 g/mol. The molecule has 8 heteroatoms. The van der Waals surface area contributed by atoms with Crippen LogP contribution in [-0.4, -0.2) is 40.0 Å². The molecule has 1 amide bonds. The second-order valence-electron chi connectivity index (χ2n) is 5.30. The highest BCUT2D eigenvalue weighted by atomic mass is 35.5. The molecule has 0 aliphatic rings. The molecule has 0 aliphatic heterocycles. The van der Waals surface area contributed by atoms with Crippen molar-refractivity contribution < 1.29 is 4.79 Å². The number of nitrogens with zero attached hydrogens (tertiary/aromatic N) is 3. The lowest BCUT2D eigenvalue weighted by atomic mass is 10.2. The maximum Gasteiger partial charge on any atom is 0.273 e. The van der Waals surface area contributed by atoms with Crippen molar-refractivity contribution >= 4 is 29.9 Å². The average molecular weight is 372 g/mol. The van der Waals surface area contributed by atoms with E-state index in [1.807, 2.05) is 32.9 Å². The van der Waals surface area contributed by atoms with Gasteiger partial charge in [0, 0.05) is 17.6 Å². The van der Waals surface area contributed by atoms with Crippen LogP contribution in [0.1, 0.15) is 37.0 Å². The summed E-state index contributed by atoms with van der Waals surface area (Å²) in [6, 6.07) is 7.52. The minimum atomic E-state index is -0.208. The van der Waals surface area contributed by atoms with Crippen molar-refractivity contribution in [2.45, 2.75) is 33.2 Å². The Hall–Kier alpha value is -1.63. The van der Waals surface area contributed by atoms with Gasteiger partial charge in [-0.1, -0.05) is 36.7 Å². The van der Waals surface area contributed by atoms with Crippen molar-refractivity contribution in [3.8, 4) is 5.69 Å². The first-order valence-corrected chi connectivity index (χ1v) is 8.16. The normalized spacial score (nSPS) is 11.7. The summed E-state index contributed by atoms with van der Waals surface area (Å²) in [5.74, 6) is -0.208. The summed E-state index contributed by atoms with van der Waals surface area (Å²) in [5.41, 5.74) is 1.92. The molecule has 2 N–H and O–H groups in total. The Morgan fingerprint density at radius 3 is 2.75 bits per heavy atom. The lowest BCUT2D eigenvalue weighted by Crippen LogP contribution is -2.39. The van der Waals surface area contributed by atoms with Crippen LogP contribution in [0.3, 0.4) is 0 Å². The number of nitrogens with one attached hydrogen (secondary N) is 2. The molecule has 132 valence electrons. The van der Waals surface area contributed by atoms with Crippen LogP contribution >= 0.6 is 24.0 Å². The molecular formula is C16H23Cl2N5O. The third kappa shape index (κ3) is 4.93. The predicted molar refractivity (Wildman–Crippen MR) is 98.5 cm³/mol. The summed E-state index contributed by atoms with van der Waals surface area (Å²) in [6.45, 7) is 7.43. The van der Waals surface area contributed by atoms with Crippen molar-refractivity contribution in [2.75, 3.05) is 13.1 Å². The Morgan fingerprint density at radius 1 is 1.38 bits per heavy atom. The lowest BCUT2D eigenvalue weighted by molar-refractivity contribution is 0.0944. The van der Waals surface area contributed by atoms with Crippen molar-refractivity contribution in [3.05, 3.63) is 40.7 Å². The van der Waals surface area contributed by atoms with Gasteiger partial charge in [-0.15, -0.1) is 17.5 Å². The highest BCUT2D eigenvalue weighted by Crippen LogP contribution is 2.17. The highest BCUT2D eigenvalue weighted by Gasteiger charge is 2.19. The molecule has 24 heavy (non-hydrogen) atoms. The number of halogens is 2. The zero-order valence-electron chi connectivity index (χ0n) is 14.0. The van der Waals surface area contributed by atoms with Gasteiger partial charge in [0.05, 0.1) is 11.4 Å². The standard InChI is InChI=1S/C16H22ClN5O.ClH/c1-4-14-15(16(23)19-10-11(3)18-5-2)20-21-22(14)13-8-6-7-12(17)9-13;/h6-9,11,18H,4-5,10H2,1-3H3,(H,19,23);1H/t11-;/m1./s1. The SMILES string of the molecule is CCN[C@H](C)CNC(=O)c1nnn(-c2cccc(Cl)c2)c1CC.Cl. The van der Waals surface area contributed by atoms with Gasteiger partial charge in [0.1, 0.15) is 0 Å².